The Morgan fingerprint density at radius 3 is 2.59 bits per heavy atom. The second-order valence-corrected chi connectivity index (χ2v) is 7.98. The molecule has 2 atom stereocenters. The molecule has 1 aromatic carbocycles. The predicted molar refractivity (Wildman–Crippen MR) is 84.7 cm³/mol. The van der Waals surface area contributed by atoms with Crippen molar-refractivity contribution >= 4 is 10.0 Å². The molecule has 1 aromatic rings. The van der Waals surface area contributed by atoms with E-state index in [2.05, 4.69) is 16.9 Å². The standard InChI is InChI=1S/C16H23NO4S/c1-22(18,19)17-15-3-2-10-20-16(15)11-21-14-8-6-13(7-9-14)12-4-5-12/h6-9,12,15-17H,2-5,10-11H2,1H3/t15-,16-/m1/s1. The van der Waals surface area contributed by atoms with E-state index in [1.165, 1.54) is 24.7 Å². The van der Waals surface area contributed by atoms with Crippen LogP contribution in [0.3, 0.4) is 0 Å². The number of ether oxygens (including phenoxy) is 2. The maximum Gasteiger partial charge on any atom is 0.209 e. The van der Waals surface area contributed by atoms with Crippen molar-refractivity contribution in [1.29, 1.82) is 0 Å². The highest BCUT2D eigenvalue weighted by atomic mass is 32.2. The summed E-state index contributed by atoms with van der Waals surface area (Å²) in [4.78, 5) is 0. The van der Waals surface area contributed by atoms with E-state index in [0.717, 1.165) is 24.5 Å². The van der Waals surface area contributed by atoms with Crippen molar-refractivity contribution in [2.75, 3.05) is 19.5 Å². The summed E-state index contributed by atoms with van der Waals surface area (Å²) in [6, 6.07) is 7.97. The van der Waals surface area contributed by atoms with Crippen molar-refractivity contribution < 1.29 is 17.9 Å². The van der Waals surface area contributed by atoms with Gasteiger partial charge in [0.05, 0.1) is 12.3 Å². The molecule has 2 aliphatic rings. The van der Waals surface area contributed by atoms with Gasteiger partial charge in [0, 0.05) is 6.61 Å². The molecule has 0 radical (unpaired) electrons. The van der Waals surface area contributed by atoms with Crippen molar-refractivity contribution in [3.63, 3.8) is 0 Å². The molecular formula is C16H23NO4S. The van der Waals surface area contributed by atoms with Gasteiger partial charge in [0.1, 0.15) is 18.5 Å². The molecule has 0 aromatic heterocycles. The molecule has 1 aliphatic heterocycles. The van der Waals surface area contributed by atoms with Crippen LogP contribution in [0.4, 0.5) is 0 Å². The molecule has 3 rings (SSSR count). The molecule has 0 spiro atoms. The third kappa shape index (κ3) is 4.44. The SMILES string of the molecule is CS(=O)(=O)N[C@@H]1CCCO[C@@H]1COc1ccc(C2CC2)cc1. The normalized spacial score (nSPS) is 25.9. The first-order chi connectivity index (χ1) is 10.5. The smallest absolute Gasteiger partial charge is 0.209 e. The Labute approximate surface area is 132 Å². The summed E-state index contributed by atoms with van der Waals surface area (Å²) in [5, 5.41) is 0. The zero-order chi connectivity index (χ0) is 15.6. The van der Waals surface area contributed by atoms with E-state index in [1.54, 1.807) is 0 Å². The van der Waals surface area contributed by atoms with Crippen LogP contribution < -0.4 is 9.46 Å². The molecular weight excluding hydrogens is 302 g/mol. The van der Waals surface area contributed by atoms with Crippen LogP contribution in [0.1, 0.15) is 37.2 Å². The lowest BCUT2D eigenvalue weighted by molar-refractivity contribution is -0.0278. The van der Waals surface area contributed by atoms with Crippen LogP contribution in [0.15, 0.2) is 24.3 Å². The average molecular weight is 325 g/mol. The van der Waals surface area contributed by atoms with Gasteiger partial charge in [0.15, 0.2) is 0 Å². The summed E-state index contributed by atoms with van der Waals surface area (Å²) in [5.74, 6) is 1.54. The maximum atomic E-state index is 11.4. The molecule has 6 heteroatoms. The van der Waals surface area contributed by atoms with Gasteiger partial charge in [-0.15, -0.1) is 0 Å². The summed E-state index contributed by atoms with van der Waals surface area (Å²) in [7, 11) is -3.23. The molecule has 0 bridgehead atoms. The van der Waals surface area contributed by atoms with Gasteiger partial charge >= 0.3 is 0 Å². The van der Waals surface area contributed by atoms with Gasteiger partial charge in [-0.05, 0) is 49.3 Å². The summed E-state index contributed by atoms with van der Waals surface area (Å²) in [6.07, 6.45) is 5.15. The first-order valence-corrected chi connectivity index (χ1v) is 9.72. The summed E-state index contributed by atoms with van der Waals surface area (Å²) >= 11 is 0. The van der Waals surface area contributed by atoms with Crippen LogP contribution in [0, 0.1) is 0 Å². The van der Waals surface area contributed by atoms with Crippen LogP contribution in [0.25, 0.3) is 0 Å². The molecule has 1 saturated carbocycles. The van der Waals surface area contributed by atoms with Crippen molar-refractivity contribution in [2.24, 2.45) is 0 Å². The van der Waals surface area contributed by atoms with Crippen LogP contribution in [0.5, 0.6) is 5.75 Å². The Hall–Kier alpha value is -1.11. The van der Waals surface area contributed by atoms with Crippen LogP contribution in [0.2, 0.25) is 0 Å². The number of benzene rings is 1. The highest BCUT2D eigenvalue weighted by Crippen LogP contribution is 2.40. The number of rotatable bonds is 6. The van der Waals surface area contributed by atoms with Gasteiger partial charge in [-0.3, -0.25) is 0 Å². The van der Waals surface area contributed by atoms with Gasteiger partial charge < -0.3 is 9.47 Å². The third-order valence-electron chi connectivity index (χ3n) is 4.15. The molecule has 1 aliphatic carbocycles. The van der Waals surface area contributed by atoms with Crippen LogP contribution in [-0.4, -0.2) is 40.0 Å². The van der Waals surface area contributed by atoms with Crippen molar-refractivity contribution in [3.8, 4) is 5.75 Å². The first-order valence-electron chi connectivity index (χ1n) is 7.83. The lowest BCUT2D eigenvalue weighted by Gasteiger charge is -2.31. The molecule has 1 heterocycles. The van der Waals surface area contributed by atoms with E-state index >= 15 is 0 Å². The quantitative estimate of drug-likeness (QED) is 0.869. The highest BCUT2D eigenvalue weighted by molar-refractivity contribution is 7.88. The van der Waals surface area contributed by atoms with Gasteiger partial charge in [-0.2, -0.15) is 0 Å². The average Bonchev–Trinajstić information content (AvgIpc) is 3.30. The van der Waals surface area contributed by atoms with Gasteiger partial charge in [0.2, 0.25) is 10.0 Å². The topological polar surface area (TPSA) is 64.6 Å². The largest absolute Gasteiger partial charge is 0.491 e. The summed E-state index contributed by atoms with van der Waals surface area (Å²) in [6.45, 7) is 1.01. The summed E-state index contributed by atoms with van der Waals surface area (Å²) in [5.41, 5.74) is 1.37. The second-order valence-electron chi connectivity index (χ2n) is 6.20. The number of hydrogen-bond donors (Lipinski definition) is 1. The summed E-state index contributed by atoms with van der Waals surface area (Å²) < 4.78 is 36.9. The molecule has 0 unspecified atom stereocenters. The Morgan fingerprint density at radius 1 is 1.23 bits per heavy atom. The molecule has 1 saturated heterocycles. The molecule has 2 fully saturated rings. The maximum absolute atomic E-state index is 11.4. The Morgan fingerprint density at radius 2 is 1.95 bits per heavy atom. The lowest BCUT2D eigenvalue weighted by Crippen LogP contribution is -2.49. The van der Waals surface area contributed by atoms with Gasteiger partial charge in [-0.25, -0.2) is 13.1 Å². The van der Waals surface area contributed by atoms with E-state index in [4.69, 9.17) is 9.47 Å². The zero-order valence-corrected chi connectivity index (χ0v) is 13.6. The number of sulfonamides is 1. The van der Waals surface area contributed by atoms with E-state index in [0.29, 0.717) is 13.2 Å². The van der Waals surface area contributed by atoms with Crippen LogP contribution >= 0.6 is 0 Å². The van der Waals surface area contributed by atoms with Crippen molar-refractivity contribution in [3.05, 3.63) is 29.8 Å². The van der Waals surface area contributed by atoms with E-state index in [1.807, 2.05) is 12.1 Å². The van der Waals surface area contributed by atoms with E-state index in [9.17, 15) is 8.42 Å². The third-order valence-corrected chi connectivity index (χ3v) is 4.88. The predicted octanol–water partition coefficient (Wildman–Crippen LogP) is 2.04. The number of hydrogen-bond acceptors (Lipinski definition) is 4. The minimum Gasteiger partial charge on any atom is -0.491 e. The minimum absolute atomic E-state index is 0.213. The molecule has 5 nitrogen and oxygen atoms in total. The fourth-order valence-electron chi connectivity index (χ4n) is 2.85. The molecule has 122 valence electrons. The zero-order valence-electron chi connectivity index (χ0n) is 12.8. The monoisotopic (exact) mass is 325 g/mol. The fraction of sp³-hybridized carbons (Fsp3) is 0.625. The van der Waals surface area contributed by atoms with Crippen LogP contribution in [-0.2, 0) is 14.8 Å². The van der Waals surface area contributed by atoms with Gasteiger partial charge in [-0.1, -0.05) is 12.1 Å². The van der Waals surface area contributed by atoms with Gasteiger partial charge in [0.25, 0.3) is 0 Å². The Balaban J connectivity index is 1.55. The highest BCUT2D eigenvalue weighted by Gasteiger charge is 2.29. The molecule has 22 heavy (non-hydrogen) atoms. The van der Waals surface area contributed by atoms with E-state index in [-0.39, 0.29) is 12.1 Å². The second kappa shape index (κ2) is 6.56. The molecule has 1 N–H and O–H groups in total. The Kier molecular flexibility index (Phi) is 4.70. The minimum atomic E-state index is -3.23. The first kappa shape index (κ1) is 15.8. The van der Waals surface area contributed by atoms with Crippen molar-refractivity contribution in [2.45, 2.75) is 43.7 Å². The van der Waals surface area contributed by atoms with Crippen molar-refractivity contribution in [1.82, 2.24) is 4.72 Å². The fourth-order valence-corrected chi connectivity index (χ4v) is 3.66. The lowest BCUT2D eigenvalue weighted by atomic mass is 10.0. The Bertz CT molecular complexity index is 595. The number of nitrogens with one attached hydrogen (secondary N) is 1. The molecule has 0 amide bonds. The van der Waals surface area contributed by atoms with E-state index < -0.39 is 10.0 Å².